The molecule has 3 heterocycles. The lowest BCUT2D eigenvalue weighted by Gasteiger charge is -2.28. The van der Waals surface area contributed by atoms with Crippen molar-refractivity contribution in [2.24, 2.45) is 5.92 Å². The van der Waals surface area contributed by atoms with Gasteiger partial charge in [0.05, 0.1) is 12.5 Å². The molecule has 2 aliphatic heterocycles. The van der Waals surface area contributed by atoms with E-state index in [0.29, 0.717) is 24.6 Å². The summed E-state index contributed by atoms with van der Waals surface area (Å²) in [6, 6.07) is 5.55. The molecule has 0 N–H and O–H groups in total. The van der Waals surface area contributed by atoms with Crippen molar-refractivity contribution in [2.75, 3.05) is 13.7 Å². The Bertz CT molecular complexity index is 789. The van der Waals surface area contributed by atoms with Gasteiger partial charge in [-0.15, -0.1) is 10.2 Å². The molecule has 1 aromatic carbocycles. The highest BCUT2D eigenvalue weighted by Crippen LogP contribution is 2.30. The lowest BCUT2D eigenvalue weighted by atomic mass is 9.95. The first-order valence-electron chi connectivity index (χ1n) is 8.19. The largest absolute Gasteiger partial charge is 0.492 e. The van der Waals surface area contributed by atoms with Crippen LogP contribution in [0.4, 0.5) is 0 Å². The molecule has 126 valence electrons. The number of ether oxygens (including phenoxy) is 1. The smallest absolute Gasteiger partial charge is 0.229 e. The highest BCUT2D eigenvalue weighted by atomic mass is 35.5. The van der Waals surface area contributed by atoms with Crippen LogP contribution in [0, 0.1) is 5.92 Å². The van der Waals surface area contributed by atoms with E-state index in [1.165, 1.54) is 0 Å². The average molecular weight is 347 g/mol. The first kappa shape index (κ1) is 15.4. The number of hydrogen-bond acceptors (Lipinski definition) is 4. The van der Waals surface area contributed by atoms with Gasteiger partial charge in [-0.1, -0.05) is 11.6 Å². The van der Waals surface area contributed by atoms with Gasteiger partial charge in [0, 0.05) is 25.0 Å². The molecule has 1 atom stereocenters. The number of fused-ring (bicyclic) bond motifs is 2. The van der Waals surface area contributed by atoms with Crippen molar-refractivity contribution in [1.29, 1.82) is 0 Å². The van der Waals surface area contributed by atoms with Crippen molar-refractivity contribution < 1.29 is 9.53 Å². The molecule has 6 nitrogen and oxygen atoms in total. The lowest BCUT2D eigenvalue weighted by molar-refractivity contribution is -0.136. The van der Waals surface area contributed by atoms with Crippen molar-refractivity contribution >= 4 is 17.5 Å². The molecule has 0 aliphatic carbocycles. The van der Waals surface area contributed by atoms with Crippen LogP contribution in [0.2, 0.25) is 5.02 Å². The Morgan fingerprint density at radius 1 is 1.46 bits per heavy atom. The van der Waals surface area contributed by atoms with Gasteiger partial charge in [-0.25, -0.2) is 0 Å². The molecule has 0 spiro atoms. The second kappa shape index (κ2) is 6.09. The standard InChI is InChI=1S/C17H19ClN4O2/c1-21(9-16-20-19-15-3-2-6-22(15)16)17(23)12-7-11-8-13(18)4-5-14(11)24-10-12/h4-5,8,12H,2-3,6-7,9-10H2,1H3/t12-/m1/s1. The quantitative estimate of drug-likeness (QED) is 0.853. The van der Waals surface area contributed by atoms with Crippen molar-refractivity contribution in [1.82, 2.24) is 19.7 Å². The van der Waals surface area contributed by atoms with Crippen LogP contribution in [0.3, 0.4) is 0 Å². The van der Waals surface area contributed by atoms with Gasteiger partial charge in [0.1, 0.15) is 18.2 Å². The third kappa shape index (κ3) is 2.75. The minimum absolute atomic E-state index is 0.0657. The van der Waals surface area contributed by atoms with Crippen LogP contribution < -0.4 is 4.74 Å². The molecule has 0 radical (unpaired) electrons. The van der Waals surface area contributed by atoms with Crippen LogP contribution >= 0.6 is 11.6 Å². The van der Waals surface area contributed by atoms with Gasteiger partial charge in [0.15, 0.2) is 5.82 Å². The zero-order valence-corrected chi connectivity index (χ0v) is 14.3. The summed E-state index contributed by atoms with van der Waals surface area (Å²) < 4.78 is 7.85. The summed E-state index contributed by atoms with van der Waals surface area (Å²) in [5, 5.41) is 9.08. The molecule has 7 heteroatoms. The monoisotopic (exact) mass is 346 g/mol. The maximum absolute atomic E-state index is 12.8. The number of carbonyl (C=O) groups is 1. The van der Waals surface area contributed by atoms with Crippen molar-refractivity contribution in [3.05, 3.63) is 40.4 Å². The van der Waals surface area contributed by atoms with Crippen molar-refractivity contribution in [3.8, 4) is 5.75 Å². The van der Waals surface area contributed by atoms with E-state index in [0.717, 1.165) is 42.3 Å². The molecule has 0 fully saturated rings. The molecule has 4 rings (SSSR count). The number of halogens is 1. The number of amides is 1. The van der Waals surface area contributed by atoms with E-state index in [-0.39, 0.29) is 11.8 Å². The minimum atomic E-state index is -0.193. The Labute approximate surface area is 145 Å². The van der Waals surface area contributed by atoms with Gasteiger partial charge >= 0.3 is 0 Å². The third-order valence-corrected chi connectivity index (χ3v) is 4.95. The molecule has 1 aromatic heterocycles. The van der Waals surface area contributed by atoms with Crippen LogP contribution in [0.25, 0.3) is 0 Å². The number of carbonyl (C=O) groups excluding carboxylic acids is 1. The predicted octanol–water partition coefficient (Wildman–Crippen LogP) is 2.09. The van der Waals surface area contributed by atoms with Crippen LogP contribution in [0.1, 0.15) is 23.6 Å². The van der Waals surface area contributed by atoms with E-state index in [1.807, 2.05) is 19.2 Å². The van der Waals surface area contributed by atoms with Gasteiger partial charge in [0.2, 0.25) is 5.91 Å². The maximum Gasteiger partial charge on any atom is 0.229 e. The van der Waals surface area contributed by atoms with E-state index in [1.54, 1.807) is 11.0 Å². The van der Waals surface area contributed by atoms with Crippen LogP contribution in [-0.4, -0.2) is 39.2 Å². The molecule has 0 saturated carbocycles. The Kier molecular flexibility index (Phi) is 3.92. The van der Waals surface area contributed by atoms with E-state index >= 15 is 0 Å². The Morgan fingerprint density at radius 2 is 2.33 bits per heavy atom. The Balaban J connectivity index is 1.45. The normalized spacial score (nSPS) is 18.7. The highest BCUT2D eigenvalue weighted by molar-refractivity contribution is 6.30. The fourth-order valence-electron chi connectivity index (χ4n) is 3.45. The lowest BCUT2D eigenvalue weighted by Crippen LogP contribution is -2.38. The fraction of sp³-hybridized carbons (Fsp3) is 0.471. The van der Waals surface area contributed by atoms with Gasteiger partial charge < -0.3 is 14.2 Å². The highest BCUT2D eigenvalue weighted by Gasteiger charge is 2.29. The number of nitrogens with zero attached hydrogens (tertiary/aromatic N) is 4. The summed E-state index contributed by atoms with van der Waals surface area (Å²) in [6.07, 6.45) is 2.72. The number of aromatic nitrogens is 3. The molecule has 0 saturated heterocycles. The summed E-state index contributed by atoms with van der Waals surface area (Å²) in [5.74, 6) is 2.58. The molecule has 24 heavy (non-hydrogen) atoms. The first-order valence-corrected chi connectivity index (χ1v) is 8.57. The average Bonchev–Trinajstić information content (AvgIpc) is 3.18. The molecule has 1 amide bonds. The summed E-state index contributed by atoms with van der Waals surface area (Å²) >= 11 is 6.05. The van der Waals surface area contributed by atoms with Gasteiger partial charge in [0.25, 0.3) is 0 Å². The molecule has 2 aromatic rings. The van der Waals surface area contributed by atoms with E-state index in [9.17, 15) is 4.79 Å². The van der Waals surface area contributed by atoms with Gasteiger partial charge in [-0.3, -0.25) is 4.79 Å². The SMILES string of the molecule is CN(Cc1nnc2n1CCC2)C(=O)[C@H]1COc2ccc(Cl)cc2C1. The van der Waals surface area contributed by atoms with Crippen molar-refractivity contribution in [2.45, 2.75) is 32.4 Å². The Hall–Kier alpha value is -2.08. The third-order valence-electron chi connectivity index (χ3n) is 4.72. The van der Waals surface area contributed by atoms with Crippen LogP contribution in [-0.2, 0) is 30.7 Å². The zero-order chi connectivity index (χ0) is 16.7. The summed E-state index contributed by atoms with van der Waals surface area (Å²) in [5.41, 5.74) is 0.990. The molecular formula is C17H19ClN4O2. The van der Waals surface area contributed by atoms with Crippen molar-refractivity contribution in [3.63, 3.8) is 0 Å². The summed E-state index contributed by atoms with van der Waals surface area (Å²) in [7, 11) is 1.81. The predicted molar refractivity (Wildman–Crippen MR) is 89.0 cm³/mol. The molecular weight excluding hydrogens is 328 g/mol. The summed E-state index contributed by atoms with van der Waals surface area (Å²) in [4.78, 5) is 14.5. The van der Waals surface area contributed by atoms with E-state index < -0.39 is 0 Å². The number of benzene rings is 1. The second-order valence-electron chi connectivity index (χ2n) is 6.45. The number of hydrogen-bond donors (Lipinski definition) is 0. The van der Waals surface area contributed by atoms with E-state index in [4.69, 9.17) is 16.3 Å². The van der Waals surface area contributed by atoms with Crippen LogP contribution in [0.15, 0.2) is 18.2 Å². The Morgan fingerprint density at radius 3 is 3.21 bits per heavy atom. The summed E-state index contributed by atoms with van der Waals surface area (Å²) in [6.45, 7) is 1.82. The maximum atomic E-state index is 12.8. The van der Waals surface area contributed by atoms with Gasteiger partial charge in [-0.05, 0) is 36.6 Å². The first-order chi connectivity index (χ1) is 11.6. The fourth-order valence-corrected chi connectivity index (χ4v) is 3.65. The number of rotatable bonds is 3. The molecule has 0 unspecified atom stereocenters. The molecule has 2 aliphatic rings. The molecule has 0 bridgehead atoms. The van der Waals surface area contributed by atoms with Crippen LogP contribution in [0.5, 0.6) is 5.75 Å². The van der Waals surface area contributed by atoms with E-state index in [2.05, 4.69) is 14.8 Å². The number of aryl methyl sites for hydroxylation is 1. The minimum Gasteiger partial charge on any atom is -0.492 e. The zero-order valence-electron chi connectivity index (χ0n) is 13.5. The topological polar surface area (TPSA) is 60.2 Å². The second-order valence-corrected chi connectivity index (χ2v) is 6.88. The van der Waals surface area contributed by atoms with Gasteiger partial charge in [-0.2, -0.15) is 0 Å².